The molecule has 0 amide bonds. The number of nitrogens with one attached hydrogen (secondary N) is 1. The van der Waals surface area contributed by atoms with E-state index in [2.05, 4.69) is 54.4 Å². The fraction of sp³-hybridized carbons (Fsp3) is 0.647. The molecule has 0 aromatic heterocycles. The van der Waals surface area contributed by atoms with Crippen molar-refractivity contribution in [3.8, 4) is 0 Å². The summed E-state index contributed by atoms with van der Waals surface area (Å²) >= 11 is 0. The number of nitrogens with zero attached hydrogens (tertiary/aromatic N) is 1. The topological polar surface area (TPSA) is 15.3 Å². The lowest BCUT2D eigenvalue weighted by Gasteiger charge is -2.32. The number of benzene rings is 1. The van der Waals surface area contributed by atoms with Gasteiger partial charge in [0.15, 0.2) is 0 Å². The molecule has 0 bridgehead atoms. The van der Waals surface area contributed by atoms with Crippen LogP contribution in [-0.2, 0) is 0 Å². The van der Waals surface area contributed by atoms with Crippen LogP contribution in [0, 0.1) is 11.8 Å². The molecule has 3 rings (SSSR count). The molecule has 2 heteroatoms. The SMILES string of the molecule is CC1CNCC(C)CN(C2CC2c2ccccc2)C1. The molecule has 0 radical (unpaired) electrons. The summed E-state index contributed by atoms with van der Waals surface area (Å²) in [6.07, 6.45) is 1.36. The van der Waals surface area contributed by atoms with Gasteiger partial charge in [-0.1, -0.05) is 44.2 Å². The monoisotopic (exact) mass is 258 g/mol. The van der Waals surface area contributed by atoms with Crippen molar-refractivity contribution in [2.45, 2.75) is 32.2 Å². The molecule has 1 N–H and O–H groups in total. The van der Waals surface area contributed by atoms with Crippen LogP contribution in [0.25, 0.3) is 0 Å². The minimum atomic E-state index is 0.768. The van der Waals surface area contributed by atoms with Gasteiger partial charge in [0.1, 0.15) is 0 Å². The maximum Gasteiger partial charge on any atom is 0.0171 e. The molecule has 2 aliphatic rings. The van der Waals surface area contributed by atoms with Gasteiger partial charge in [0.2, 0.25) is 0 Å². The molecule has 1 heterocycles. The second kappa shape index (κ2) is 5.64. The van der Waals surface area contributed by atoms with E-state index in [4.69, 9.17) is 0 Å². The zero-order valence-electron chi connectivity index (χ0n) is 12.2. The second-order valence-electron chi connectivity index (χ2n) is 6.64. The Morgan fingerprint density at radius 2 is 1.63 bits per heavy atom. The minimum Gasteiger partial charge on any atom is -0.316 e. The Bertz CT molecular complexity index is 391. The maximum atomic E-state index is 3.58. The average molecular weight is 258 g/mol. The first-order valence-corrected chi connectivity index (χ1v) is 7.73. The van der Waals surface area contributed by atoms with Crippen LogP contribution >= 0.6 is 0 Å². The predicted octanol–water partition coefficient (Wildman–Crippen LogP) is 2.72. The minimum absolute atomic E-state index is 0.768. The van der Waals surface area contributed by atoms with Crippen molar-refractivity contribution in [1.29, 1.82) is 0 Å². The molecule has 1 aliphatic carbocycles. The van der Waals surface area contributed by atoms with Crippen molar-refractivity contribution >= 4 is 0 Å². The molecule has 1 aromatic rings. The summed E-state index contributed by atoms with van der Waals surface area (Å²) in [4.78, 5) is 2.76. The smallest absolute Gasteiger partial charge is 0.0171 e. The first-order valence-electron chi connectivity index (χ1n) is 7.73. The van der Waals surface area contributed by atoms with Crippen molar-refractivity contribution in [3.05, 3.63) is 35.9 Å². The Morgan fingerprint density at radius 3 is 2.26 bits per heavy atom. The summed E-state index contributed by atoms with van der Waals surface area (Å²) in [6, 6.07) is 11.9. The molecule has 2 nitrogen and oxygen atoms in total. The number of hydrogen-bond acceptors (Lipinski definition) is 2. The van der Waals surface area contributed by atoms with Crippen molar-refractivity contribution in [1.82, 2.24) is 10.2 Å². The molecule has 2 fully saturated rings. The predicted molar refractivity (Wildman–Crippen MR) is 80.4 cm³/mol. The van der Waals surface area contributed by atoms with Gasteiger partial charge in [-0.3, -0.25) is 4.90 Å². The van der Waals surface area contributed by atoms with Crippen LogP contribution in [0.4, 0.5) is 0 Å². The van der Waals surface area contributed by atoms with Crippen molar-refractivity contribution in [2.75, 3.05) is 26.2 Å². The van der Waals surface area contributed by atoms with Crippen LogP contribution in [-0.4, -0.2) is 37.1 Å². The molecule has 1 aromatic carbocycles. The summed E-state index contributed by atoms with van der Waals surface area (Å²) in [5.74, 6) is 2.32. The molecule has 4 atom stereocenters. The number of hydrogen-bond donors (Lipinski definition) is 1. The summed E-state index contributed by atoms with van der Waals surface area (Å²) in [5, 5.41) is 3.58. The molecule has 1 saturated heterocycles. The van der Waals surface area contributed by atoms with E-state index in [1.165, 1.54) is 38.2 Å². The van der Waals surface area contributed by atoms with E-state index in [1.54, 1.807) is 0 Å². The molecule has 0 spiro atoms. The third-order valence-corrected chi connectivity index (χ3v) is 4.53. The van der Waals surface area contributed by atoms with E-state index in [1.807, 2.05) is 0 Å². The first-order chi connectivity index (χ1) is 9.24. The lowest BCUT2D eigenvalue weighted by atomic mass is 10.0. The molecule has 1 aliphatic heterocycles. The van der Waals surface area contributed by atoms with Crippen LogP contribution < -0.4 is 5.32 Å². The summed E-state index contributed by atoms with van der Waals surface area (Å²) in [5.41, 5.74) is 1.54. The van der Waals surface area contributed by atoms with Gasteiger partial charge in [-0.25, -0.2) is 0 Å². The van der Waals surface area contributed by atoms with Crippen LogP contribution in [0.5, 0.6) is 0 Å². The Morgan fingerprint density at radius 1 is 1.00 bits per heavy atom. The highest BCUT2D eigenvalue weighted by Gasteiger charge is 2.43. The zero-order valence-corrected chi connectivity index (χ0v) is 12.2. The molecule has 19 heavy (non-hydrogen) atoms. The fourth-order valence-electron chi connectivity index (χ4n) is 3.49. The highest BCUT2D eigenvalue weighted by atomic mass is 15.2. The summed E-state index contributed by atoms with van der Waals surface area (Å²) in [7, 11) is 0. The maximum absolute atomic E-state index is 3.58. The fourth-order valence-corrected chi connectivity index (χ4v) is 3.49. The normalized spacial score (nSPS) is 36.5. The zero-order chi connectivity index (χ0) is 13.2. The van der Waals surface area contributed by atoms with E-state index in [0.717, 1.165) is 23.8 Å². The Hall–Kier alpha value is -0.860. The molecule has 104 valence electrons. The number of rotatable bonds is 2. The highest BCUT2D eigenvalue weighted by Crippen LogP contribution is 2.45. The van der Waals surface area contributed by atoms with Crippen LogP contribution in [0.3, 0.4) is 0 Å². The van der Waals surface area contributed by atoms with Gasteiger partial charge in [-0.15, -0.1) is 0 Å². The van der Waals surface area contributed by atoms with Crippen LogP contribution in [0.1, 0.15) is 31.7 Å². The van der Waals surface area contributed by atoms with Crippen LogP contribution in [0.15, 0.2) is 30.3 Å². The van der Waals surface area contributed by atoms with E-state index in [9.17, 15) is 0 Å². The lowest BCUT2D eigenvalue weighted by molar-refractivity contribution is 0.175. The van der Waals surface area contributed by atoms with Gasteiger partial charge in [-0.2, -0.15) is 0 Å². The molecular formula is C17H26N2. The van der Waals surface area contributed by atoms with Gasteiger partial charge >= 0.3 is 0 Å². The van der Waals surface area contributed by atoms with Gasteiger partial charge in [0.25, 0.3) is 0 Å². The van der Waals surface area contributed by atoms with E-state index < -0.39 is 0 Å². The quantitative estimate of drug-likeness (QED) is 0.877. The van der Waals surface area contributed by atoms with E-state index >= 15 is 0 Å². The Kier molecular flexibility index (Phi) is 3.90. The van der Waals surface area contributed by atoms with E-state index in [-0.39, 0.29) is 0 Å². The third-order valence-electron chi connectivity index (χ3n) is 4.53. The largest absolute Gasteiger partial charge is 0.316 e. The second-order valence-corrected chi connectivity index (χ2v) is 6.64. The van der Waals surface area contributed by atoms with Gasteiger partial charge in [0, 0.05) is 25.0 Å². The molecule has 1 saturated carbocycles. The van der Waals surface area contributed by atoms with Crippen molar-refractivity contribution in [3.63, 3.8) is 0 Å². The highest BCUT2D eigenvalue weighted by molar-refractivity contribution is 5.27. The lowest BCUT2D eigenvalue weighted by Crippen LogP contribution is -2.43. The Labute approximate surface area is 117 Å². The average Bonchev–Trinajstić information content (AvgIpc) is 3.17. The molecule has 4 unspecified atom stereocenters. The molecular weight excluding hydrogens is 232 g/mol. The van der Waals surface area contributed by atoms with Crippen LogP contribution in [0.2, 0.25) is 0 Å². The summed E-state index contributed by atoms with van der Waals surface area (Å²) in [6.45, 7) is 9.59. The standard InChI is InChI=1S/C17H26N2/c1-13-9-18-10-14(2)12-19(11-13)17-8-16(17)15-6-4-3-5-7-15/h3-7,13-14,16-18H,8-12H2,1-2H3. The van der Waals surface area contributed by atoms with Gasteiger partial charge < -0.3 is 5.32 Å². The van der Waals surface area contributed by atoms with Gasteiger partial charge in [0.05, 0.1) is 0 Å². The van der Waals surface area contributed by atoms with Gasteiger partial charge in [-0.05, 0) is 36.9 Å². The Balaban J connectivity index is 1.65. The van der Waals surface area contributed by atoms with Crippen molar-refractivity contribution < 1.29 is 0 Å². The van der Waals surface area contributed by atoms with E-state index in [0.29, 0.717) is 0 Å². The van der Waals surface area contributed by atoms with Crippen molar-refractivity contribution in [2.24, 2.45) is 11.8 Å². The third kappa shape index (κ3) is 3.18. The summed E-state index contributed by atoms with van der Waals surface area (Å²) < 4.78 is 0. The first kappa shape index (κ1) is 13.1.